The van der Waals surface area contributed by atoms with E-state index in [0.717, 1.165) is 20.3 Å². The fraction of sp³-hybridized carbons (Fsp3) is 0.176. The van der Waals surface area contributed by atoms with E-state index >= 15 is 0 Å². The zero-order chi connectivity index (χ0) is 19.4. The van der Waals surface area contributed by atoms with Gasteiger partial charge < -0.3 is 19.6 Å². The Bertz CT molecular complexity index is 1040. The van der Waals surface area contributed by atoms with Crippen molar-refractivity contribution in [1.29, 1.82) is 0 Å². The molecule has 2 N–H and O–H groups in total. The molecule has 9 heteroatoms. The zero-order valence-corrected chi connectivity index (χ0v) is 14.5. The van der Waals surface area contributed by atoms with Gasteiger partial charge in [-0.15, -0.1) is 0 Å². The van der Waals surface area contributed by atoms with Gasteiger partial charge in [0.2, 0.25) is 0 Å². The number of aromatic amines is 1. The van der Waals surface area contributed by atoms with Crippen molar-refractivity contribution < 1.29 is 24.2 Å². The summed E-state index contributed by atoms with van der Waals surface area (Å²) in [5.41, 5.74) is -2.73. The van der Waals surface area contributed by atoms with Gasteiger partial charge in [0.05, 0.1) is 31.7 Å². The van der Waals surface area contributed by atoms with Crippen LogP contribution in [-0.4, -0.2) is 36.2 Å². The number of aromatic hydroxyl groups is 1. The SMILES string of the molecule is COC(=O)C/C(=C\c1c(O)c2ccc(Cl)cc2[nH]c(=O)c1=O)C(=O)OC. The first kappa shape index (κ1) is 19.2. The summed E-state index contributed by atoms with van der Waals surface area (Å²) in [6.45, 7) is 0. The number of ether oxygens (including phenoxy) is 2. The second kappa shape index (κ2) is 7.83. The Morgan fingerprint density at radius 2 is 1.92 bits per heavy atom. The van der Waals surface area contributed by atoms with Crippen LogP contribution in [0, 0.1) is 0 Å². The lowest BCUT2D eigenvalue weighted by molar-refractivity contribution is -0.143. The first-order valence-corrected chi connectivity index (χ1v) is 7.60. The topological polar surface area (TPSA) is 123 Å². The molecule has 0 unspecified atom stereocenters. The van der Waals surface area contributed by atoms with Gasteiger partial charge in [-0.1, -0.05) is 11.6 Å². The lowest BCUT2D eigenvalue weighted by Gasteiger charge is -2.05. The first-order chi connectivity index (χ1) is 12.3. The first-order valence-electron chi connectivity index (χ1n) is 7.23. The Balaban J connectivity index is 2.84. The highest BCUT2D eigenvalue weighted by atomic mass is 35.5. The molecule has 0 saturated carbocycles. The zero-order valence-electron chi connectivity index (χ0n) is 13.8. The highest BCUT2D eigenvalue weighted by Crippen LogP contribution is 2.27. The van der Waals surface area contributed by atoms with E-state index in [0.29, 0.717) is 0 Å². The molecular weight excluding hydrogens is 366 g/mol. The molecule has 136 valence electrons. The minimum atomic E-state index is -1.10. The number of benzene rings is 1. The minimum absolute atomic E-state index is 0.127. The van der Waals surface area contributed by atoms with Crippen molar-refractivity contribution in [3.63, 3.8) is 0 Å². The molecule has 8 nitrogen and oxygen atoms in total. The molecule has 0 aliphatic rings. The summed E-state index contributed by atoms with van der Waals surface area (Å²) in [4.78, 5) is 50.1. The van der Waals surface area contributed by atoms with Gasteiger partial charge in [-0.3, -0.25) is 14.4 Å². The Hall–Kier alpha value is -3.13. The lowest BCUT2D eigenvalue weighted by atomic mass is 10.1. The van der Waals surface area contributed by atoms with Crippen LogP contribution in [0.2, 0.25) is 5.02 Å². The summed E-state index contributed by atoms with van der Waals surface area (Å²) in [7, 11) is 2.21. The molecule has 1 aromatic carbocycles. The number of H-pyrrole nitrogens is 1. The predicted molar refractivity (Wildman–Crippen MR) is 94.1 cm³/mol. The summed E-state index contributed by atoms with van der Waals surface area (Å²) in [5.74, 6) is -2.23. The Labute approximate surface area is 151 Å². The predicted octanol–water partition coefficient (Wildman–Crippen LogP) is 1.37. The van der Waals surface area contributed by atoms with E-state index < -0.39 is 40.7 Å². The van der Waals surface area contributed by atoms with Crippen LogP contribution in [0.1, 0.15) is 12.0 Å². The number of nitrogens with one attached hydrogen (secondary N) is 1. The maximum atomic E-state index is 12.3. The smallest absolute Gasteiger partial charge is 0.334 e. The largest absolute Gasteiger partial charge is 0.506 e. The van der Waals surface area contributed by atoms with Gasteiger partial charge >= 0.3 is 11.9 Å². The monoisotopic (exact) mass is 379 g/mol. The van der Waals surface area contributed by atoms with E-state index in [1.807, 2.05) is 0 Å². The number of hydrogen-bond donors (Lipinski definition) is 2. The van der Waals surface area contributed by atoms with E-state index in [2.05, 4.69) is 14.5 Å². The fourth-order valence-electron chi connectivity index (χ4n) is 2.23. The molecule has 0 saturated heterocycles. The highest BCUT2D eigenvalue weighted by molar-refractivity contribution is 6.31. The molecule has 1 aromatic heterocycles. The molecule has 0 amide bonds. The van der Waals surface area contributed by atoms with Crippen molar-refractivity contribution in [2.24, 2.45) is 0 Å². The van der Waals surface area contributed by atoms with Gasteiger partial charge in [0.25, 0.3) is 11.0 Å². The number of carbonyl (C=O) groups is 2. The van der Waals surface area contributed by atoms with Crippen LogP contribution in [0.3, 0.4) is 0 Å². The molecule has 0 spiro atoms. The molecule has 0 atom stereocenters. The third kappa shape index (κ3) is 3.92. The number of aromatic nitrogens is 1. The third-order valence-electron chi connectivity index (χ3n) is 3.52. The van der Waals surface area contributed by atoms with Crippen LogP contribution < -0.4 is 11.0 Å². The van der Waals surface area contributed by atoms with E-state index in [4.69, 9.17) is 11.6 Å². The maximum Gasteiger partial charge on any atom is 0.334 e. The third-order valence-corrected chi connectivity index (χ3v) is 3.75. The summed E-state index contributed by atoms with van der Waals surface area (Å²) >= 11 is 5.86. The highest BCUT2D eigenvalue weighted by Gasteiger charge is 2.18. The lowest BCUT2D eigenvalue weighted by Crippen LogP contribution is -2.25. The van der Waals surface area contributed by atoms with Crippen LogP contribution in [0.5, 0.6) is 5.75 Å². The molecule has 0 aliphatic carbocycles. The van der Waals surface area contributed by atoms with Crippen molar-refractivity contribution in [3.8, 4) is 5.75 Å². The number of rotatable bonds is 4. The molecule has 0 radical (unpaired) electrons. The Kier molecular flexibility index (Phi) is 5.78. The minimum Gasteiger partial charge on any atom is -0.506 e. The number of esters is 2. The van der Waals surface area contributed by atoms with Crippen LogP contribution in [0.25, 0.3) is 17.0 Å². The molecular formula is C17H14ClNO7. The second-order valence-electron chi connectivity index (χ2n) is 5.15. The van der Waals surface area contributed by atoms with Gasteiger partial charge in [0.15, 0.2) is 0 Å². The Morgan fingerprint density at radius 1 is 1.23 bits per heavy atom. The summed E-state index contributed by atoms with van der Waals surface area (Å²) < 4.78 is 9.05. The average Bonchev–Trinajstić information content (AvgIpc) is 2.70. The molecule has 26 heavy (non-hydrogen) atoms. The van der Waals surface area contributed by atoms with Crippen molar-refractivity contribution >= 4 is 40.5 Å². The molecule has 0 fully saturated rings. The van der Waals surface area contributed by atoms with Crippen molar-refractivity contribution in [1.82, 2.24) is 4.98 Å². The maximum absolute atomic E-state index is 12.3. The average molecular weight is 380 g/mol. The second-order valence-corrected chi connectivity index (χ2v) is 5.59. The van der Waals surface area contributed by atoms with Crippen LogP contribution in [-0.2, 0) is 19.1 Å². The summed E-state index contributed by atoms with van der Waals surface area (Å²) in [6, 6.07) is 4.22. The van der Waals surface area contributed by atoms with E-state index in [-0.39, 0.29) is 21.5 Å². The number of hydrogen-bond acceptors (Lipinski definition) is 7. The van der Waals surface area contributed by atoms with Gasteiger partial charge in [0.1, 0.15) is 5.75 Å². The molecule has 1 heterocycles. The summed E-state index contributed by atoms with van der Waals surface area (Å²) in [6.07, 6.45) is 0.423. The number of fused-ring (bicyclic) bond motifs is 1. The van der Waals surface area contributed by atoms with Gasteiger partial charge in [-0.2, -0.15) is 0 Å². The van der Waals surface area contributed by atoms with Crippen LogP contribution >= 0.6 is 11.6 Å². The molecule has 2 aromatic rings. The van der Waals surface area contributed by atoms with Crippen molar-refractivity contribution in [2.75, 3.05) is 14.2 Å². The molecule has 2 rings (SSSR count). The van der Waals surface area contributed by atoms with Crippen molar-refractivity contribution in [2.45, 2.75) is 6.42 Å². The number of halogens is 1. The number of carbonyl (C=O) groups excluding carboxylic acids is 2. The Morgan fingerprint density at radius 3 is 2.54 bits per heavy atom. The fourth-order valence-corrected chi connectivity index (χ4v) is 2.40. The normalized spacial score (nSPS) is 11.3. The van der Waals surface area contributed by atoms with Gasteiger partial charge in [-0.05, 0) is 24.3 Å². The van der Waals surface area contributed by atoms with Crippen LogP contribution in [0.15, 0.2) is 33.4 Å². The van der Waals surface area contributed by atoms with E-state index in [1.54, 1.807) is 0 Å². The number of methoxy groups -OCH3 is 2. The quantitative estimate of drug-likeness (QED) is 0.467. The van der Waals surface area contributed by atoms with Gasteiger partial charge in [0, 0.05) is 16.0 Å². The standard InChI is InChI=1S/C17H14ClNO7/c1-25-13(20)6-8(17(24)26-2)5-11-14(21)10-4-3-9(18)7-12(10)19-16(23)15(11)22/h3-5,7,21H,6H2,1-2H3,(H,19,22,23)/b8-5+. The van der Waals surface area contributed by atoms with Crippen molar-refractivity contribution in [3.05, 3.63) is 54.9 Å². The molecule has 0 bridgehead atoms. The molecule has 0 aliphatic heterocycles. The van der Waals surface area contributed by atoms with Crippen LogP contribution in [0.4, 0.5) is 0 Å². The van der Waals surface area contributed by atoms with Gasteiger partial charge in [-0.25, -0.2) is 4.79 Å². The van der Waals surface area contributed by atoms with E-state index in [1.165, 1.54) is 18.2 Å². The summed E-state index contributed by atoms with van der Waals surface area (Å²) in [5, 5.41) is 10.9. The van der Waals surface area contributed by atoms with E-state index in [9.17, 15) is 24.3 Å².